The molecule has 0 aliphatic rings. The van der Waals surface area contributed by atoms with Gasteiger partial charge in [0.15, 0.2) is 0 Å². The highest BCUT2D eigenvalue weighted by molar-refractivity contribution is 5.01. The van der Waals surface area contributed by atoms with Gasteiger partial charge in [0.05, 0.1) is 12.3 Å². The van der Waals surface area contributed by atoms with Crippen LogP contribution in [0.1, 0.15) is 5.69 Å². The summed E-state index contributed by atoms with van der Waals surface area (Å²) >= 11 is 0. The highest BCUT2D eigenvalue weighted by atomic mass is 16.5. The van der Waals surface area contributed by atoms with Crippen LogP contribution in [0, 0.1) is 0 Å². The number of ether oxygens (including phenoxy) is 1. The van der Waals surface area contributed by atoms with E-state index in [1.165, 1.54) is 0 Å². The maximum Gasteiger partial charge on any atom is 0.0884 e. The van der Waals surface area contributed by atoms with E-state index in [4.69, 9.17) is 4.74 Å². The van der Waals surface area contributed by atoms with Crippen LogP contribution in [0.5, 0.6) is 0 Å². The van der Waals surface area contributed by atoms with Crippen molar-refractivity contribution in [1.82, 2.24) is 72.6 Å². The van der Waals surface area contributed by atoms with Crippen LogP contribution in [0.15, 0.2) is 24.4 Å². The zero-order valence-electron chi connectivity index (χ0n) is 13.2. The summed E-state index contributed by atoms with van der Waals surface area (Å²) in [5, 5.41) is 0. The van der Waals surface area contributed by atoms with Gasteiger partial charge < -0.3 is 72.4 Å². The molecule has 0 unspecified atom stereocenters. The Morgan fingerprint density at radius 1 is 0.750 bits per heavy atom. The van der Waals surface area contributed by atoms with Crippen LogP contribution in [0.4, 0.5) is 0 Å². The third-order valence-electron chi connectivity index (χ3n) is 1.02. The molecule has 0 aliphatic carbocycles. The van der Waals surface area contributed by atoms with Crippen LogP contribution in [0.2, 0.25) is 0 Å². The summed E-state index contributed by atoms with van der Waals surface area (Å²) < 4.78 is 4.87. The van der Waals surface area contributed by atoms with Gasteiger partial charge in [-0.15, -0.1) is 0 Å². The van der Waals surface area contributed by atoms with Crippen molar-refractivity contribution < 1.29 is 4.74 Å². The van der Waals surface area contributed by atoms with Gasteiger partial charge in [-0.1, -0.05) is 6.07 Å². The van der Waals surface area contributed by atoms with Crippen LogP contribution in [0.3, 0.4) is 0 Å². The Morgan fingerprint density at radius 2 is 1.15 bits per heavy atom. The molecule has 1 aromatic rings. The first-order valence-electron chi connectivity index (χ1n) is 2.82. The first-order valence-corrected chi connectivity index (χ1v) is 2.82. The molecule has 0 atom stereocenters. The SMILES string of the molecule is COCc1ccccn1.N.N.N.N.N.N.N.N.N.N.N. The van der Waals surface area contributed by atoms with E-state index in [-0.39, 0.29) is 67.7 Å². The molecule has 1 aromatic heterocycles. The van der Waals surface area contributed by atoms with Gasteiger partial charge in [-0.2, -0.15) is 0 Å². The number of nitrogens with zero attached hydrogens (tertiary/aromatic N) is 1. The van der Waals surface area contributed by atoms with E-state index in [1.54, 1.807) is 13.3 Å². The Morgan fingerprint density at radius 3 is 1.40 bits per heavy atom. The summed E-state index contributed by atoms with van der Waals surface area (Å²) in [4.78, 5) is 4.04. The smallest absolute Gasteiger partial charge is 0.0884 e. The van der Waals surface area contributed by atoms with Gasteiger partial charge in [0.2, 0.25) is 0 Å². The lowest BCUT2D eigenvalue weighted by atomic mass is 10.4. The van der Waals surface area contributed by atoms with Crippen LogP contribution < -0.4 is 67.7 Å². The minimum Gasteiger partial charge on any atom is -0.378 e. The van der Waals surface area contributed by atoms with Crippen LogP contribution >= 0.6 is 0 Å². The summed E-state index contributed by atoms with van der Waals surface area (Å²) in [7, 11) is 1.66. The molecule has 0 saturated heterocycles. The molecule has 13 nitrogen and oxygen atoms in total. The Bertz CT molecular complexity index is 177. The highest BCUT2D eigenvalue weighted by Crippen LogP contribution is 1.93. The molecule has 0 aliphatic heterocycles. The summed E-state index contributed by atoms with van der Waals surface area (Å²) in [6.07, 6.45) is 1.76. The Hall–Kier alpha value is -1.33. The molecule has 20 heavy (non-hydrogen) atoms. The first kappa shape index (κ1) is 99.1. The third-order valence-corrected chi connectivity index (χ3v) is 1.02. The Kier molecular flexibility index (Phi) is 324. The second-order valence-corrected chi connectivity index (χ2v) is 1.75. The number of aromatic nitrogens is 1. The molecule has 136 valence electrons. The second kappa shape index (κ2) is 65.3. The van der Waals surface area contributed by atoms with Crippen molar-refractivity contribution in [2.24, 2.45) is 0 Å². The summed E-state index contributed by atoms with van der Waals surface area (Å²) in [5.41, 5.74) is 0.972. The molecule has 33 N–H and O–H groups in total. The fourth-order valence-electron chi connectivity index (χ4n) is 0.631. The monoisotopic (exact) mass is 310 g/mol. The minimum absolute atomic E-state index is 0. The lowest BCUT2D eigenvalue weighted by molar-refractivity contribution is 0.181. The number of pyridine rings is 1. The van der Waals surface area contributed by atoms with Crippen molar-refractivity contribution in [2.45, 2.75) is 6.61 Å². The maximum absolute atomic E-state index is 4.87. The van der Waals surface area contributed by atoms with E-state index >= 15 is 0 Å². The molecular formula is C7H42N12O. The van der Waals surface area contributed by atoms with Crippen LogP contribution in [0.25, 0.3) is 0 Å². The summed E-state index contributed by atoms with van der Waals surface area (Å²) in [6, 6.07) is 5.77. The predicted octanol–water partition coefficient (Wildman–Crippen LogP) is 3.01. The molecule has 13 heteroatoms. The van der Waals surface area contributed by atoms with E-state index in [9.17, 15) is 0 Å². The van der Waals surface area contributed by atoms with Gasteiger partial charge in [0.25, 0.3) is 0 Å². The Balaban J connectivity index is -0.00000000818. The zero-order valence-corrected chi connectivity index (χ0v) is 13.2. The van der Waals surface area contributed by atoms with Crippen molar-refractivity contribution >= 4 is 0 Å². The molecule has 0 radical (unpaired) electrons. The topological polar surface area (TPSA) is 407 Å². The lowest BCUT2D eigenvalue weighted by Gasteiger charge is -1.94. The van der Waals surface area contributed by atoms with Crippen molar-refractivity contribution in [3.63, 3.8) is 0 Å². The minimum atomic E-state index is 0. The number of hydrogen-bond acceptors (Lipinski definition) is 13. The molecular weight excluding hydrogens is 268 g/mol. The van der Waals surface area contributed by atoms with Gasteiger partial charge in [-0.05, 0) is 12.1 Å². The van der Waals surface area contributed by atoms with Gasteiger partial charge in [0.1, 0.15) is 0 Å². The molecule has 0 fully saturated rings. The van der Waals surface area contributed by atoms with Crippen molar-refractivity contribution in [3.05, 3.63) is 30.1 Å². The standard InChI is InChI=1S/C7H9NO.11H3N/c1-9-6-7-4-2-3-5-8-7;;;;;;;;;;;/h2-5H,6H2,1H3;11*1H3. The molecule has 1 heterocycles. The van der Waals surface area contributed by atoms with Crippen LogP contribution in [-0.4, -0.2) is 12.1 Å². The van der Waals surface area contributed by atoms with Crippen molar-refractivity contribution in [2.75, 3.05) is 7.11 Å². The highest BCUT2D eigenvalue weighted by Gasteiger charge is 1.86. The van der Waals surface area contributed by atoms with Crippen molar-refractivity contribution in [3.8, 4) is 0 Å². The molecule has 0 bridgehead atoms. The molecule has 0 spiro atoms. The predicted molar refractivity (Wildman–Crippen MR) is 90.2 cm³/mol. The normalized spacial score (nSPS) is 4.25. The maximum atomic E-state index is 4.87. The lowest BCUT2D eigenvalue weighted by Crippen LogP contribution is -1.88. The summed E-state index contributed by atoms with van der Waals surface area (Å²) in [6.45, 7) is 0.598. The number of methoxy groups -OCH3 is 1. The largest absolute Gasteiger partial charge is 0.378 e. The Labute approximate surface area is 122 Å². The molecule has 0 saturated carbocycles. The molecule has 1 rings (SSSR count). The fourth-order valence-corrected chi connectivity index (χ4v) is 0.631. The average Bonchev–Trinajstić information content (AvgIpc) is 1.91. The zero-order chi connectivity index (χ0) is 6.53. The fraction of sp³-hybridized carbons (Fsp3) is 0.286. The van der Waals surface area contributed by atoms with E-state index in [1.807, 2.05) is 18.2 Å². The summed E-state index contributed by atoms with van der Waals surface area (Å²) in [5.74, 6) is 0. The van der Waals surface area contributed by atoms with Gasteiger partial charge >= 0.3 is 0 Å². The first-order chi connectivity index (χ1) is 4.43. The van der Waals surface area contributed by atoms with Gasteiger partial charge in [-0.25, -0.2) is 0 Å². The van der Waals surface area contributed by atoms with E-state index in [0.29, 0.717) is 6.61 Å². The van der Waals surface area contributed by atoms with Crippen molar-refractivity contribution in [1.29, 1.82) is 0 Å². The van der Waals surface area contributed by atoms with E-state index < -0.39 is 0 Å². The second-order valence-electron chi connectivity index (χ2n) is 1.75. The van der Waals surface area contributed by atoms with Gasteiger partial charge in [0, 0.05) is 13.3 Å². The third kappa shape index (κ3) is 43.8. The van der Waals surface area contributed by atoms with Crippen LogP contribution in [-0.2, 0) is 11.3 Å². The number of hydrogen-bond donors (Lipinski definition) is 11. The van der Waals surface area contributed by atoms with E-state index in [0.717, 1.165) is 5.69 Å². The van der Waals surface area contributed by atoms with Gasteiger partial charge in [-0.3, -0.25) is 4.98 Å². The van der Waals surface area contributed by atoms with E-state index in [2.05, 4.69) is 4.98 Å². The number of rotatable bonds is 2. The average molecular weight is 310 g/mol. The quantitative estimate of drug-likeness (QED) is 0.374. The molecule has 0 amide bonds. The molecule has 0 aromatic carbocycles.